The van der Waals surface area contributed by atoms with Gasteiger partial charge in [0.2, 0.25) is 5.91 Å². The molecule has 2 aromatic heterocycles. The third-order valence-electron chi connectivity index (χ3n) is 6.11. The topological polar surface area (TPSA) is 100 Å². The maximum Gasteiger partial charge on any atom is 0.227 e. The van der Waals surface area contributed by atoms with Crippen LogP contribution in [-0.4, -0.2) is 74.7 Å². The van der Waals surface area contributed by atoms with Crippen LogP contribution in [-0.2, 0) is 16.0 Å². The van der Waals surface area contributed by atoms with E-state index in [0.29, 0.717) is 19.6 Å². The third-order valence-corrected chi connectivity index (χ3v) is 7.34. The first-order chi connectivity index (χ1) is 15.6. The van der Waals surface area contributed by atoms with Gasteiger partial charge in [0.15, 0.2) is 0 Å². The van der Waals surface area contributed by atoms with Crippen molar-refractivity contribution >= 4 is 17.2 Å². The summed E-state index contributed by atoms with van der Waals surface area (Å²) in [6, 6.07) is 12.2. The molecule has 0 spiro atoms. The Kier molecular flexibility index (Phi) is 5.70. The summed E-state index contributed by atoms with van der Waals surface area (Å²) in [6.45, 7) is 5.60. The number of thiophene rings is 1. The van der Waals surface area contributed by atoms with Crippen molar-refractivity contribution in [3.63, 3.8) is 0 Å². The Hall–Kier alpha value is -3.13. The highest BCUT2D eigenvalue weighted by Gasteiger charge is 2.36. The zero-order chi connectivity index (χ0) is 22.1. The Morgan fingerprint density at radius 1 is 1.28 bits per heavy atom. The molecule has 4 heterocycles. The summed E-state index contributed by atoms with van der Waals surface area (Å²) < 4.78 is 7.73. The van der Waals surface area contributed by atoms with E-state index in [-0.39, 0.29) is 18.1 Å². The lowest BCUT2D eigenvalue weighted by molar-refractivity contribution is -0.139. The normalized spacial score (nSPS) is 21.2. The van der Waals surface area contributed by atoms with Gasteiger partial charge in [-0.3, -0.25) is 9.69 Å². The van der Waals surface area contributed by atoms with Crippen molar-refractivity contribution in [1.29, 1.82) is 5.26 Å². The monoisotopic (exact) mass is 449 g/mol. The van der Waals surface area contributed by atoms with Gasteiger partial charge in [-0.1, -0.05) is 12.1 Å². The Morgan fingerprint density at radius 3 is 2.84 bits per heavy atom. The van der Waals surface area contributed by atoms with E-state index in [1.54, 1.807) is 11.0 Å². The van der Waals surface area contributed by atoms with Gasteiger partial charge in [-0.15, -0.1) is 16.4 Å². The minimum Gasteiger partial charge on any atom is -0.370 e. The summed E-state index contributed by atoms with van der Waals surface area (Å²) in [5, 5.41) is 20.4. The molecule has 164 valence electrons. The molecule has 32 heavy (non-hydrogen) atoms. The molecule has 10 heteroatoms. The summed E-state index contributed by atoms with van der Waals surface area (Å²) >= 11 is 1.52. The second-order valence-electron chi connectivity index (χ2n) is 8.18. The maximum atomic E-state index is 12.9. The van der Waals surface area contributed by atoms with Crippen LogP contribution >= 0.6 is 11.3 Å². The van der Waals surface area contributed by atoms with Crippen molar-refractivity contribution in [2.24, 2.45) is 0 Å². The van der Waals surface area contributed by atoms with E-state index in [1.807, 2.05) is 36.1 Å². The van der Waals surface area contributed by atoms with Gasteiger partial charge in [0.1, 0.15) is 23.4 Å². The number of tetrazole rings is 1. The molecule has 9 nitrogen and oxygen atoms in total. The van der Waals surface area contributed by atoms with Gasteiger partial charge < -0.3 is 9.64 Å². The standard InChI is InChI=1S/C22H23N7O2S/c1-15-8-20(32-21(15)10-23)19-12-27-6-7-28(11-18(27)13-31-19)22(30)9-16-2-4-17(5-3-16)29-14-24-25-26-29/h2-5,8,14,18-19H,6-7,9,11-13H2,1H3/t18-,19+/m0/s1. The molecule has 1 aromatic carbocycles. The summed E-state index contributed by atoms with van der Waals surface area (Å²) in [6.07, 6.45) is 1.91. The average Bonchev–Trinajstić information content (AvgIpc) is 3.49. The number of amides is 1. The minimum absolute atomic E-state index is 0.00185. The number of hydrogen-bond donors (Lipinski definition) is 0. The molecular weight excluding hydrogens is 426 g/mol. The Labute approximate surface area is 189 Å². The number of morpholine rings is 1. The number of carbonyl (C=O) groups is 1. The van der Waals surface area contributed by atoms with E-state index < -0.39 is 0 Å². The number of ether oxygens (including phenoxy) is 1. The second-order valence-corrected chi connectivity index (χ2v) is 9.26. The molecular formula is C22H23N7O2S. The summed E-state index contributed by atoms with van der Waals surface area (Å²) in [7, 11) is 0. The maximum absolute atomic E-state index is 12.9. The van der Waals surface area contributed by atoms with Crippen LogP contribution in [0.3, 0.4) is 0 Å². The van der Waals surface area contributed by atoms with E-state index in [9.17, 15) is 10.1 Å². The molecule has 1 amide bonds. The lowest BCUT2D eigenvalue weighted by atomic mass is 10.1. The number of aromatic nitrogens is 4. The molecule has 0 radical (unpaired) electrons. The fourth-order valence-corrected chi connectivity index (χ4v) is 5.30. The van der Waals surface area contributed by atoms with Gasteiger partial charge in [0, 0.05) is 31.1 Å². The van der Waals surface area contributed by atoms with Crippen LogP contribution in [0.15, 0.2) is 36.7 Å². The zero-order valence-electron chi connectivity index (χ0n) is 17.7. The van der Waals surface area contributed by atoms with E-state index >= 15 is 0 Å². The fraction of sp³-hybridized carbons (Fsp3) is 0.409. The number of fused-ring (bicyclic) bond motifs is 1. The van der Waals surface area contributed by atoms with Crippen LogP contribution in [0, 0.1) is 18.3 Å². The molecule has 0 N–H and O–H groups in total. The van der Waals surface area contributed by atoms with Crippen molar-refractivity contribution in [3.05, 3.63) is 57.5 Å². The largest absolute Gasteiger partial charge is 0.370 e. The molecule has 5 rings (SSSR count). The molecule has 2 saturated heterocycles. The molecule has 2 atom stereocenters. The summed E-state index contributed by atoms with van der Waals surface area (Å²) in [4.78, 5) is 19.1. The van der Waals surface area contributed by atoms with Crippen molar-refractivity contribution in [3.8, 4) is 11.8 Å². The number of aryl methyl sites for hydroxylation is 1. The number of hydrogen-bond acceptors (Lipinski definition) is 8. The summed E-state index contributed by atoms with van der Waals surface area (Å²) in [5.41, 5.74) is 2.84. The molecule has 2 aliphatic rings. The van der Waals surface area contributed by atoms with Gasteiger partial charge in [-0.2, -0.15) is 5.26 Å². The molecule has 0 saturated carbocycles. The van der Waals surface area contributed by atoms with Gasteiger partial charge in [-0.25, -0.2) is 4.68 Å². The fourth-order valence-electron chi connectivity index (χ4n) is 4.29. The highest BCUT2D eigenvalue weighted by atomic mass is 32.1. The van der Waals surface area contributed by atoms with Crippen LogP contribution in [0.5, 0.6) is 0 Å². The molecule has 0 aliphatic carbocycles. The first-order valence-electron chi connectivity index (χ1n) is 10.6. The minimum atomic E-state index is -0.00185. The molecule has 3 aromatic rings. The van der Waals surface area contributed by atoms with Gasteiger partial charge in [-0.05, 0) is 46.7 Å². The van der Waals surface area contributed by atoms with Gasteiger partial charge in [0.05, 0.1) is 24.8 Å². The number of nitrogens with zero attached hydrogens (tertiary/aromatic N) is 7. The Balaban J connectivity index is 1.17. The number of carbonyl (C=O) groups excluding carboxylic acids is 1. The number of benzene rings is 1. The third kappa shape index (κ3) is 4.14. The number of piperazine rings is 1. The van der Waals surface area contributed by atoms with Crippen LogP contribution in [0.1, 0.15) is 27.0 Å². The molecule has 0 unspecified atom stereocenters. The van der Waals surface area contributed by atoms with E-state index in [4.69, 9.17) is 4.74 Å². The predicted molar refractivity (Wildman–Crippen MR) is 117 cm³/mol. The van der Waals surface area contributed by atoms with Crippen LogP contribution in [0.2, 0.25) is 0 Å². The quantitative estimate of drug-likeness (QED) is 0.598. The van der Waals surface area contributed by atoms with E-state index in [1.165, 1.54) is 11.3 Å². The number of nitriles is 1. The van der Waals surface area contributed by atoms with E-state index in [2.05, 4.69) is 32.6 Å². The SMILES string of the molecule is Cc1cc([C@H]2CN3CCN(C(=O)Cc4ccc(-n5cnnn5)cc4)C[C@H]3CO2)sc1C#N. The second kappa shape index (κ2) is 8.78. The van der Waals surface area contributed by atoms with Gasteiger partial charge >= 0.3 is 0 Å². The highest BCUT2D eigenvalue weighted by molar-refractivity contribution is 7.12. The number of rotatable bonds is 4. The molecule has 2 aliphatic heterocycles. The van der Waals surface area contributed by atoms with Gasteiger partial charge in [0.25, 0.3) is 0 Å². The van der Waals surface area contributed by atoms with Crippen LogP contribution < -0.4 is 0 Å². The van der Waals surface area contributed by atoms with Crippen LogP contribution in [0.25, 0.3) is 5.69 Å². The first-order valence-corrected chi connectivity index (χ1v) is 11.4. The highest BCUT2D eigenvalue weighted by Crippen LogP contribution is 2.33. The predicted octanol–water partition coefficient (Wildman–Crippen LogP) is 1.73. The average molecular weight is 450 g/mol. The summed E-state index contributed by atoms with van der Waals surface area (Å²) in [5.74, 6) is 0.134. The molecule has 0 bridgehead atoms. The Bertz CT molecular complexity index is 1140. The van der Waals surface area contributed by atoms with Crippen molar-refractivity contribution in [2.45, 2.75) is 25.5 Å². The van der Waals surface area contributed by atoms with Crippen molar-refractivity contribution in [2.75, 3.05) is 32.8 Å². The van der Waals surface area contributed by atoms with Crippen molar-refractivity contribution < 1.29 is 9.53 Å². The van der Waals surface area contributed by atoms with E-state index in [0.717, 1.165) is 46.2 Å². The smallest absolute Gasteiger partial charge is 0.227 e. The molecule has 2 fully saturated rings. The van der Waals surface area contributed by atoms with Crippen molar-refractivity contribution in [1.82, 2.24) is 30.0 Å². The Morgan fingerprint density at radius 2 is 2.12 bits per heavy atom. The zero-order valence-corrected chi connectivity index (χ0v) is 18.5. The first kappa shape index (κ1) is 20.8. The lowest BCUT2D eigenvalue weighted by Gasteiger charge is -2.46. The van der Waals surface area contributed by atoms with Crippen LogP contribution in [0.4, 0.5) is 0 Å². The lowest BCUT2D eigenvalue weighted by Crippen LogP contribution is -2.59.